The third-order valence-corrected chi connectivity index (χ3v) is 3.17. The minimum atomic E-state index is -0.912. The molecule has 0 aliphatic carbocycles. The third kappa shape index (κ3) is 4.29. The first kappa shape index (κ1) is 15.0. The molecule has 0 spiro atoms. The van der Waals surface area contributed by atoms with Crippen LogP contribution in [0, 0.1) is 5.41 Å². The molecule has 1 aliphatic rings. The number of hydrogen-bond acceptors (Lipinski definition) is 3. The second kappa shape index (κ2) is 5.69. The highest BCUT2D eigenvalue weighted by Crippen LogP contribution is 2.23. The van der Waals surface area contributed by atoms with Crippen LogP contribution in [-0.4, -0.2) is 40.5 Å². The Morgan fingerprint density at radius 3 is 2.56 bits per heavy atom. The highest BCUT2D eigenvalue weighted by molar-refractivity contribution is 5.84. The standard InChI is InChI=1S/C13H24N2O3/c1-13(2,3)8-9(14)7-11(16)15-6-4-5-10(15)12(17)18/h9-10H,4-8,14H2,1-3H3,(H,17,18). The maximum Gasteiger partial charge on any atom is 0.326 e. The first-order chi connectivity index (χ1) is 8.20. The van der Waals surface area contributed by atoms with Crippen molar-refractivity contribution < 1.29 is 14.7 Å². The monoisotopic (exact) mass is 256 g/mol. The van der Waals surface area contributed by atoms with Crippen molar-refractivity contribution in [1.29, 1.82) is 0 Å². The molecule has 0 aromatic heterocycles. The van der Waals surface area contributed by atoms with Crippen LogP contribution in [0.1, 0.15) is 46.5 Å². The summed E-state index contributed by atoms with van der Waals surface area (Å²) in [6, 6.07) is -0.855. The minimum absolute atomic E-state index is 0.0803. The molecule has 1 rings (SSSR count). The van der Waals surface area contributed by atoms with E-state index < -0.39 is 12.0 Å². The molecule has 2 atom stereocenters. The van der Waals surface area contributed by atoms with Crippen molar-refractivity contribution in [3.05, 3.63) is 0 Å². The molecule has 3 N–H and O–H groups in total. The summed E-state index contributed by atoms with van der Waals surface area (Å²) < 4.78 is 0. The molecule has 1 fully saturated rings. The lowest BCUT2D eigenvalue weighted by molar-refractivity contribution is -0.148. The molecule has 104 valence electrons. The Labute approximate surface area is 108 Å². The topological polar surface area (TPSA) is 83.6 Å². The van der Waals surface area contributed by atoms with Crippen molar-refractivity contribution in [2.75, 3.05) is 6.54 Å². The molecule has 1 amide bonds. The number of carbonyl (C=O) groups excluding carboxylic acids is 1. The van der Waals surface area contributed by atoms with Crippen LogP contribution in [0.2, 0.25) is 0 Å². The lowest BCUT2D eigenvalue weighted by Gasteiger charge is -2.26. The summed E-state index contributed by atoms with van der Waals surface area (Å²) in [6.45, 7) is 6.77. The van der Waals surface area contributed by atoms with Crippen LogP contribution in [-0.2, 0) is 9.59 Å². The summed E-state index contributed by atoms with van der Waals surface area (Å²) >= 11 is 0. The number of carbonyl (C=O) groups is 2. The van der Waals surface area contributed by atoms with Crippen LogP contribution < -0.4 is 5.73 Å². The minimum Gasteiger partial charge on any atom is -0.480 e. The number of nitrogens with zero attached hydrogens (tertiary/aromatic N) is 1. The van der Waals surface area contributed by atoms with E-state index in [1.54, 1.807) is 0 Å². The van der Waals surface area contributed by atoms with Gasteiger partial charge in [0.05, 0.1) is 0 Å². The van der Waals surface area contributed by atoms with Crippen LogP contribution >= 0.6 is 0 Å². The summed E-state index contributed by atoms with van der Waals surface area (Å²) in [7, 11) is 0. The number of rotatable bonds is 4. The van der Waals surface area contributed by atoms with Crippen LogP contribution in [0.25, 0.3) is 0 Å². The summed E-state index contributed by atoms with van der Waals surface area (Å²) in [5.41, 5.74) is 6.04. The number of aliphatic carboxylic acids is 1. The van der Waals surface area contributed by atoms with Gasteiger partial charge < -0.3 is 15.7 Å². The molecular weight excluding hydrogens is 232 g/mol. The summed E-state index contributed by atoms with van der Waals surface area (Å²) in [5, 5.41) is 9.03. The van der Waals surface area contributed by atoms with Gasteiger partial charge in [-0.15, -0.1) is 0 Å². The fourth-order valence-corrected chi connectivity index (χ4v) is 2.52. The molecule has 18 heavy (non-hydrogen) atoms. The smallest absolute Gasteiger partial charge is 0.326 e. The van der Waals surface area contributed by atoms with Gasteiger partial charge in [-0.05, 0) is 24.7 Å². The highest BCUT2D eigenvalue weighted by Gasteiger charge is 2.34. The Balaban J connectivity index is 2.52. The van der Waals surface area contributed by atoms with Gasteiger partial charge in [-0.3, -0.25) is 4.79 Å². The van der Waals surface area contributed by atoms with Crippen molar-refractivity contribution in [3.8, 4) is 0 Å². The lowest BCUT2D eigenvalue weighted by atomic mass is 9.87. The molecule has 1 aliphatic heterocycles. The fraction of sp³-hybridized carbons (Fsp3) is 0.846. The van der Waals surface area contributed by atoms with Crippen molar-refractivity contribution in [3.63, 3.8) is 0 Å². The Morgan fingerprint density at radius 1 is 1.44 bits per heavy atom. The van der Waals surface area contributed by atoms with E-state index in [0.29, 0.717) is 13.0 Å². The predicted octanol–water partition coefficient (Wildman–Crippen LogP) is 1.22. The highest BCUT2D eigenvalue weighted by atomic mass is 16.4. The molecule has 0 aromatic carbocycles. The van der Waals surface area contributed by atoms with E-state index in [1.807, 2.05) is 0 Å². The molecule has 1 heterocycles. The maximum absolute atomic E-state index is 12.0. The second-order valence-electron chi connectivity index (χ2n) is 6.31. The van der Waals surface area contributed by atoms with Crippen molar-refractivity contribution in [2.45, 2.75) is 58.5 Å². The van der Waals surface area contributed by atoms with Crippen molar-refractivity contribution in [2.24, 2.45) is 11.1 Å². The molecular formula is C13H24N2O3. The first-order valence-electron chi connectivity index (χ1n) is 6.48. The molecule has 0 bridgehead atoms. The molecule has 0 radical (unpaired) electrons. The van der Waals surface area contributed by atoms with Crippen LogP contribution in [0.15, 0.2) is 0 Å². The molecule has 5 heteroatoms. The van der Waals surface area contributed by atoms with Crippen molar-refractivity contribution in [1.82, 2.24) is 4.90 Å². The van der Waals surface area contributed by atoms with E-state index in [0.717, 1.165) is 12.8 Å². The summed E-state index contributed by atoms with van der Waals surface area (Å²) in [6.07, 6.45) is 2.30. The average molecular weight is 256 g/mol. The number of likely N-dealkylation sites (tertiary alicyclic amines) is 1. The number of carboxylic acid groups (broad SMARTS) is 1. The molecule has 5 nitrogen and oxygen atoms in total. The maximum atomic E-state index is 12.0. The third-order valence-electron chi connectivity index (χ3n) is 3.17. The van der Waals surface area contributed by atoms with Gasteiger partial charge in [0.25, 0.3) is 0 Å². The van der Waals surface area contributed by atoms with E-state index in [9.17, 15) is 9.59 Å². The molecule has 1 saturated heterocycles. The van der Waals surface area contributed by atoms with Gasteiger partial charge >= 0.3 is 5.97 Å². The second-order valence-corrected chi connectivity index (χ2v) is 6.31. The van der Waals surface area contributed by atoms with Crippen LogP contribution in [0.4, 0.5) is 0 Å². The van der Waals surface area contributed by atoms with E-state index in [1.165, 1.54) is 4.90 Å². The van der Waals surface area contributed by atoms with Gasteiger partial charge in [-0.1, -0.05) is 20.8 Å². The lowest BCUT2D eigenvalue weighted by Crippen LogP contribution is -2.43. The Morgan fingerprint density at radius 2 is 2.06 bits per heavy atom. The number of carboxylic acids is 1. The van der Waals surface area contributed by atoms with Gasteiger partial charge in [0.15, 0.2) is 0 Å². The van der Waals surface area contributed by atoms with E-state index in [-0.39, 0.29) is 23.8 Å². The quantitative estimate of drug-likeness (QED) is 0.792. The number of amides is 1. The predicted molar refractivity (Wildman–Crippen MR) is 69.0 cm³/mol. The van der Waals surface area contributed by atoms with Gasteiger partial charge in [0, 0.05) is 19.0 Å². The van der Waals surface area contributed by atoms with Gasteiger partial charge in [0.1, 0.15) is 6.04 Å². The van der Waals surface area contributed by atoms with E-state index in [4.69, 9.17) is 10.8 Å². The fourth-order valence-electron chi connectivity index (χ4n) is 2.52. The Kier molecular flexibility index (Phi) is 4.73. The number of hydrogen-bond donors (Lipinski definition) is 2. The van der Waals surface area contributed by atoms with Gasteiger partial charge in [0.2, 0.25) is 5.91 Å². The van der Waals surface area contributed by atoms with E-state index in [2.05, 4.69) is 20.8 Å². The van der Waals surface area contributed by atoms with Crippen molar-refractivity contribution >= 4 is 11.9 Å². The SMILES string of the molecule is CC(C)(C)CC(N)CC(=O)N1CCCC1C(=O)O. The van der Waals surface area contributed by atoms with Crippen LogP contribution in [0.5, 0.6) is 0 Å². The van der Waals surface area contributed by atoms with E-state index >= 15 is 0 Å². The summed E-state index contributed by atoms with van der Waals surface area (Å²) in [4.78, 5) is 24.5. The summed E-state index contributed by atoms with van der Waals surface area (Å²) in [5.74, 6) is -1.04. The van der Waals surface area contributed by atoms with Gasteiger partial charge in [-0.2, -0.15) is 0 Å². The largest absolute Gasteiger partial charge is 0.480 e. The van der Waals surface area contributed by atoms with Crippen LogP contribution in [0.3, 0.4) is 0 Å². The molecule has 0 aromatic rings. The molecule has 0 saturated carbocycles. The zero-order valence-electron chi connectivity index (χ0n) is 11.5. The average Bonchev–Trinajstić information content (AvgIpc) is 2.61. The molecule has 2 unspecified atom stereocenters. The normalized spacial score (nSPS) is 22.0. The van der Waals surface area contributed by atoms with Gasteiger partial charge in [-0.25, -0.2) is 4.79 Å². The Hall–Kier alpha value is -1.10. The zero-order valence-corrected chi connectivity index (χ0v) is 11.5. The zero-order chi connectivity index (χ0) is 13.9. The first-order valence-corrected chi connectivity index (χ1v) is 6.48. The Bertz CT molecular complexity index is 323. The number of nitrogens with two attached hydrogens (primary N) is 1.